The van der Waals surface area contributed by atoms with E-state index in [1.807, 2.05) is 0 Å². The third-order valence-corrected chi connectivity index (χ3v) is 4.91. The summed E-state index contributed by atoms with van der Waals surface area (Å²) in [7, 11) is 1.74. The lowest BCUT2D eigenvalue weighted by atomic mass is 10.0. The van der Waals surface area contributed by atoms with Crippen LogP contribution in [0.1, 0.15) is 34.4 Å². The van der Waals surface area contributed by atoms with Gasteiger partial charge in [-0.1, -0.05) is 54.6 Å². The van der Waals surface area contributed by atoms with Crippen LogP contribution < -0.4 is 0 Å². The second-order valence-electron chi connectivity index (χ2n) is 5.80. The fraction of sp³-hybridized carbons (Fsp3) is 0.368. The summed E-state index contributed by atoms with van der Waals surface area (Å²) in [5.74, 6) is 1.20. The van der Waals surface area contributed by atoms with Crippen LogP contribution in [0.15, 0.2) is 54.6 Å². The van der Waals surface area contributed by atoms with E-state index >= 15 is 0 Å². The van der Waals surface area contributed by atoms with Gasteiger partial charge >= 0.3 is 0 Å². The lowest BCUT2D eigenvalue weighted by Gasteiger charge is -2.11. The van der Waals surface area contributed by atoms with E-state index in [9.17, 15) is 0 Å². The topological polar surface area (TPSA) is 9.23 Å². The van der Waals surface area contributed by atoms with Gasteiger partial charge in [0.2, 0.25) is 0 Å². The summed E-state index contributed by atoms with van der Waals surface area (Å²) in [5, 5.41) is 0.117. The van der Waals surface area contributed by atoms with Crippen molar-refractivity contribution in [2.75, 3.05) is 13.7 Å². The molecule has 0 bridgehead atoms. The average Bonchev–Trinajstić information content (AvgIpc) is 3.34. The van der Waals surface area contributed by atoms with Crippen LogP contribution in [-0.4, -0.2) is 13.7 Å². The second kappa shape index (κ2) is 6.64. The van der Waals surface area contributed by atoms with Gasteiger partial charge in [-0.25, -0.2) is 0 Å². The van der Waals surface area contributed by atoms with Crippen LogP contribution in [0.2, 0.25) is 0 Å². The van der Waals surface area contributed by atoms with E-state index in [0.29, 0.717) is 11.8 Å². The van der Waals surface area contributed by atoms with Gasteiger partial charge in [0.25, 0.3) is 0 Å². The van der Waals surface area contributed by atoms with Crippen molar-refractivity contribution in [2.24, 2.45) is 5.92 Å². The van der Waals surface area contributed by atoms with Crippen molar-refractivity contribution in [3.63, 3.8) is 0 Å². The van der Waals surface area contributed by atoms with Crippen LogP contribution >= 0.6 is 11.6 Å². The number of alkyl halides is 1. The zero-order valence-electron chi connectivity index (χ0n) is 12.3. The number of halogens is 1. The van der Waals surface area contributed by atoms with Crippen molar-refractivity contribution >= 4 is 11.6 Å². The first kappa shape index (κ1) is 14.6. The van der Waals surface area contributed by atoms with E-state index in [4.69, 9.17) is 16.3 Å². The van der Waals surface area contributed by atoms with Crippen LogP contribution in [0.5, 0.6) is 0 Å². The fourth-order valence-corrected chi connectivity index (χ4v) is 3.38. The van der Waals surface area contributed by atoms with Crippen molar-refractivity contribution < 1.29 is 4.74 Å². The fourth-order valence-electron chi connectivity index (χ4n) is 2.96. The summed E-state index contributed by atoms with van der Waals surface area (Å²) < 4.78 is 5.11. The molecule has 110 valence electrons. The maximum atomic E-state index is 6.68. The molecule has 1 saturated carbocycles. The molecule has 2 aromatic rings. The van der Waals surface area contributed by atoms with Gasteiger partial charge in [0, 0.05) is 7.11 Å². The lowest BCUT2D eigenvalue weighted by molar-refractivity contribution is 0.202. The van der Waals surface area contributed by atoms with E-state index in [1.165, 1.54) is 23.1 Å². The van der Waals surface area contributed by atoms with Gasteiger partial charge in [-0.15, -0.1) is 11.6 Å². The highest BCUT2D eigenvalue weighted by molar-refractivity contribution is 6.21. The van der Waals surface area contributed by atoms with Gasteiger partial charge in [0.05, 0.1) is 12.0 Å². The van der Waals surface area contributed by atoms with Gasteiger partial charge < -0.3 is 4.74 Å². The molecule has 0 aliphatic heterocycles. The molecule has 0 saturated heterocycles. The molecule has 2 heteroatoms. The van der Waals surface area contributed by atoms with Gasteiger partial charge in [-0.2, -0.15) is 0 Å². The lowest BCUT2D eigenvalue weighted by Crippen LogP contribution is -1.97. The van der Waals surface area contributed by atoms with E-state index in [2.05, 4.69) is 54.6 Å². The molecule has 1 aliphatic rings. The van der Waals surface area contributed by atoms with Gasteiger partial charge in [0.1, 0.15) is 0 Å². The first-order valence-electron chi connectivity index (χ1n) is 7.56. The van der Waals surface area contributed by atoms with Crippen LogP contribution in [0, 0.1) is 5.92 Å². The normalized spacial score (nSPS) is 22.0. The van der Waals surface area contributed by atoms with Crippen LogP contribution in [0.4, 0.5) is 0 Å². The SMILES string of the molecule is COCCc1ccc(C(Cl)C2CC2c2ccccc2)cc1. The highest BCUT2D eigenvalue weighted by Crippen LogP contribution is 2.56. The number of methoxy groups -OCH3 is 1. The van der Waals surface area contributed by atoms with E-state index in [-0.39, 0.29) is 5.38 Å². The van der Waals surface area contributed by atoms with Crippen LogP contribution in [0.25, 0.3) is 0 Å². The minimum Gasteiger partial charge on any atom is -0.384 e. The molecule has 3 rings (SSSR count). The quantitative estimate of drug-likeness (QED) is 0.685. The molecule has 0 spiro atoms. The molecule has 1 aliphatic carbocycles. The Morgan fingerprint density at radius 1 is 1.10 bits per heavy atom. The molecule has 0 aromatic heterocycles. The second-order valence-corrected chi connectivity index (χ2v) is 6.27. The van der Waals surface area contributed by atoms with Crippen molar-refractivity contribution in [1.29, 1.82) is 0 Å². The third-order valence-electron chi connectivity index (χ3n) is 4.34. The van der Waals surface area contributed by atoms with Gasteiger partial charge in [-0.3, -0.25) is 0 Å². The van der Waals surface area contributed by atoms with Crippen molar-refractivity contribution in [1.82, 2.24) is 0 Å². The molecule has 3 unspecified atom stereocenters. The average molecular weight is 301 g/mol. The first-order chi connectivity index (χ1) is 10.3. The minimum absolute atomic E-state index is 0.117. The highest BCUT2D eigenvalue weighted by atomic mass is 35.5. The summed E-state index contributed by atoms with van der Waals surface area (Å²) in [6.07, 6.45) is 2.16. The molecule has 2 aromatic carbocycles. The number of hydrogen-bond donors (Lipinski definition) is 0. The number of ether oxygens (including phenoxy) is 1. The minimum atomic E-state index is 0.117. The van der Waals surface area contributed by atoms with Crippen molar-refractivity contribution in [3.8, 4) is 0 Å². The number of rotatable bonds is 6. The smallest absolute Gasteiger partial charge is 0.0619 e. The standard InChI is InChI=1S/C19H21ClO/c1-21-12-11-14-7-9-16(10-8-14)19(20)18-13-17(18)15-5-3-2-4-6-15/h2-10,17-19H,11-13H2,1H3. The summed E-state index contributed by atoms with van der Waals surface area (Å²) in [6.45, 7) is 0.766. The highest BCUT2D eigenvalue weighted by Gasteiger charge is 2.43. The van der Waals surface area contributed by atoms with Crippen LogP contribution in [0.3, 0.4) is 0 Å². The summed E-state index contributed by atoms with van der Waals surface area (Å²) >= 11 is 6.68. The van der Waals surface area contributed by atoms with Gasteiger partial charge in [0.15, 0.2) is 0 Å². The molecule has 3 atom stereocenters. The van der Waals surface area contributed by atoms with E-state index in [0.717, 1.165) is 13.0 Å². The molecular formula is C19H21ClO. The zero-order valence-corrected chi connectivity index (χ0v) is 13.1. The number of hydrogen-bond acceptors (Lipinski definition) is 1. The Hall–Kier alpha value is -1.31. The molecule has 0 N–H and O–H groups in total. The summed E-state index contributed by atoms with van der Waals surface area (Å²) in [4.78, 5) is 0. The Morgan fingerprint density at radius 2 is 1.81 bits per heavy atom. The van der Waals surface area contributed by atoms with Crippen molar-refractivity contribution in [3.05, 3.63) is 71.3 Å². The predicted octanol–water partition coefficient (Wildman–Crippen LogP) is 4.96. The van der Waals surface area contributed by atoms with Crippen molar-refractivity contribution in [2.45, 2.75) is 24.1 Å². The van der Waals surface area contributed by atoms with Crippen LogP contribution in [-0.2, 0) is 11.2 Å². The molecule has 21 heavy (non-hydrogen) atoms. The molecular weight excluding hydrogens is 280 g/mol. The predicted molar refractivity (Wildman–Crippen MR) is 87.9 cm³/mol. The third kappa shape index (κ3) is 3.48. The summed E-state index contributed by atoms with van der Waals surface area (Å²) in [5.41, 5.74) is 3.96. The van der Waals surface area contributed by atoms with E-state index in [1.54, 1.807) is 7.11 Å². The molecule has 1 nitrogen and oxygen atoms in total. The number of benzene rings is 2. The monoisotopic (exact) mass is 300 g/mol. The Labute approximate surface area is 131 Å². The Bertz CT molecular complexity index is 564. The van der Waals surface area contributed by atoms with Gasteiger partial charge in [-0.05, 0) is 41.4 Å². The first-order valence-corrected chi connectivity index (χ1v) is 8.00. The maximum absolute atomic E-state index is 6.68. The zero-order chi connectivity index (χ0) is 14.7. The molecule has 0 radical (unpaired) electrons. The Morgan fingerprint density at radius 3 is 2.48 bits per heavy atom. The molecule has 0 heterocycles. The molecule has 1 fully saturated rings. The maximum Gasteiger partial charge on any atom is 0.0619 e. The Kier molecular flexibility index (Phi) is 4.62. The Balaban J connectivity index is 1.63. The van der Waals surface area contributed by atoms with E-state index < -0.39 is 0 Å². The largest absolute Gasteiger partial charge is 0.384 e. The molecule has 0 amide bonds. The summed E-state index contributed by atoms with van der Waals surface area (Å²) in [6, 6.07) is 19.4.